The maximum absolute atomic E-state index is 10.5. The van der Waals surface area contributed by atoms with Crippen LogP contribution in [-0.2, 0) is 9.59 Å². The van der Waals surface area contributed by atoms with Gasteiger partial charge in [0.1, 0.15) is 0 Å². The maximum Gasteiger partial charge on any atom is 0.237 e. The Morgan fingerprint density at radius 2 is 1.47 bits per heavy atom. The normalized spacial score (nSPS) is 18.2. The fourth-order valence-corrected chi connectivity index (χ4v) is 2.28. The lowest BCUT2D eigenvalue weighted by molar-refractivity contribution is -0.137. The second-order valence-electron chi connectivity index (χ2n) is 3.82. The molecule has 1 fully saturated rings. The molecule has 0 amide bonds. The highest BCUT2D eigenvalue weighted by atomic mass is 35.5. The molecule has 92 valence electrons. The quantitative estimate of drug-likeness (QED) is 0.544. The van der Waals surface area contributed by atoms with Gasteiger partial charge in [-0.05, 0) is 13.8 Å². The SMILES string of the molecule is Cc1cccc(C)c1.O=C1C(Cl)C(=O)C1(Cl)Cl. The predicted octanol–water partition coefficient (Wildman–Crippen LogP) is 3.22. The third-order valence-corrected chi connectivity index (χ3v) is 3.39. The van der Waals surface area contributed by atoms with Gasteiger partial charge in [0.2, 0.25) is 15.9 Å². The number of halogens is 3. The summed E-state index contributed by atoms with van der Waals surface area (Å²) in [6.45, 7) is 4.21. The summed E-state index contributed by atoms with van der Waals surface area (Å²) >= 11 is 15.5. The molecule has 0 spiro atoms. The van der Waals surface area contributed by atoms with Crippen LogP contribution in [0.15, 0.2) is 24.3 Å². The second-order valence-corrected chi connectivity index (χ2v) is 5.59. The van der Waals surface area contributed by atoms with Gasteiger partial charge in [0.15, 0.2) is 5.38 Å². The van der Waals surface area contributed by atoms with E-state index in [1.807, 2.05) is 0 Å². The predicted molar refractivity (Wildman–Crippen MR) is 70.0 cm³/mol. The van der Waals surface area contributed by atoms with Gasteiger partial charge >= 0.3 is 0 Å². The molecule has 1 aliphatic rings. The number of benzene rings is 1. The van der Waals surface area contributed by atoms with Crippen LogP contribution < -0.4 is 0 Å². The number of hydrogen-bond acceptors (Lipinski definition) is 2. The molecule has 0 heterocycles. The molecule has 1 aliphatic carbocycles. The number of alkyl halides is 3. The van der Waals surface area contributed by atoms with E-state index >= 15 is 0 Å². The standard InChI is InChI=1S/C8H10.C4HCl3O2/c1-7-4-3-5-8(2)6-7;5-1-2(8)4(6,7)3(1)9/h3-6H,1-2H3;1H. The van der Waals surface area contributed by atoms with Gasteiger partial charge in [-0.25, -0.2) is 0 Å². The number of carbonyl (C=O) groups is 2. The molecule has 0 aromatic heterocycles. The van der Waals surface area contributed by atoms with Crippen LogP contribution in [0, 0.1) is 13.8 Å². The van der Waals surface area contributed by atoms with Crippen molar-refractivity contribution in [3.8, 4) is 0 Å². The third kappa shape index (κ3) is 3.21. The summed E-state index contributed by atoms with van der Waals surface area (Å²) in [5, 5.41) is -1.13. The van der Waals surface area contributed by atoms with Crippen molar-refractivity contribution in [3.63, 3.8) is 0 Å². The van der Waals surface area contributed by atoms with Crippen LogP contribution >= 0.6 is 34.8 Å². The van der Waals surface area contributed by atoms with E-state index in [1.165, 1.54) is 11.1 Å². The average Bonchev–Trinajstić information content (AvgIpc) is 2.27. The average molecular weight is 294 g/mol. The van der Waals surface area contributed by atoms with E-state index in [1.54, 1.807) is 0 Å². The lowest BCUT2D eigenvalue weighted by Crippen LogP contribution is -2.58. The summed E-state index contributed by atoms with van der Waals surface area (Å²) in [5.74, 6) is -1.25. The van der Waals surface area contributed by atoms with E-state index in [-0.39, 0.29) is 0 Å². The largest absolute Gasteiger partial charge is 0.294 e. The van der Waals surface area contributed by atoms with E-state index in [4.69, 9.17) is 34.8 Å². The first-order valence-corrected chi connectivity index (χ1v) is 6.10. The maximum atomic E-state index is 10.5. The topological polar surface area (TPSA) is 34.1 Å². The van der Waals surface area contributed by atoms with Crippen LogP contribution in [0.4, 0.5) is 0 Å². The van der Waals surface area contributed by atoms with Crippen molar-refractivity contribution >= 4 is 46.4 Å². The van der Waals surface area contributed by atoms with Crippen molar-refractivity contribution in [1.29, 1.82) is 0 Å². The molecule has 0 bridgehead atoms. The third-order valence-electron chi connectivity index (χ3n) is 2.25. The van der Waals surface area contributed by atoms with Gasteiger partial charge in [-0.1, -0.05) is 58.6 Å². The van der Waals surface area contributed by atoms with Crippen molar-refractivity contribution in [2.24, 2.45) is 0 Å². The van der Waals surface area contributed by atoms with Crippen LogP contribution in [0.1, 0.15) is 11.1 Å². The number of carbonyl (C=O) groups excluding carboxylic acids is 2. The van der Waals surface area contributed by atoms with E-state index in [0.29, 0.717) is 0 Å². The molecule has 2 nitrogen and oxygen atoms in total. The first-order chi connectivity index (χ1) is 7.76. The van der Waals surface area contributed by atoms with Crippen molar-refractivity contribution in [3.05, 3.63) is 35.4 Å². The highest BCUT2D eigenvalue weighted by Crippen LogP contribution is 2.38. The Labute approximate surface area is 115 Å². The van der Waals surface area contributed by atoms with Crippen LogP contribution in [0.5, 0.6) is 0 Å². The number of hydrogen-bond donors (Lipinski definition) is 0. The Kier molecular flexibility index (Phi) is 4.59. The lowest BCUT2D eigenvalue weighted by Gasteiger charge is -2.29. The molecule has 5 heteroatoms. The Bertz CT molecular complexity index is 420. The molecule has 0 radical (unpaired) electrons. The van der Waals surface area contributed by atoms with E-state index in [0.717, 1.165) is 0 Å². The van der Waals surface area contributed by atoms with Crippen LogP contribution in [0.25, 0.3) is 0 Å². The van der Waals surface area contributed by atoms with Gasteiger partial charge in [0.25, 0.3) is 0 Å². The minimum absolute atomic E-state index is 0.627. The summed E-state index contributed by atoms with van der Waals surface area (Å²) in [6, 6.07) is 8.45. The molecule has 1 aromatic carbocycles. The summed E-state index contributed by atoms with van der Waals surface area (Å²) in [4.78, 5) is 21.0. The molecule has 0 atom stereocenters. The Morgan fingerprint density at radius 3 is 1.65 bits per heavy atom. The Balaban J connectivity index is 0.000000171. The molecular formula is C12H11Cl3O2. The number of ketones is 2. The highest BCUT2D eigenvalue weighted by molar-refractivity contribution is 6.79. The molecular weight excluding hydrogens is 282 g/mol. The first-order valence-electron chi connectivity index (χ1n) is 4.90. The van der Waals surface area contributed by atoms with Crippen molar-refractivity contribution in [2.75, 3.05) is 0 Å². The Morgan fingerprint density at radius 1 is 1.06 bits per heavy atom. The van der Waals surface area contributed by atoms with Crippen molar-refractivity contribution < 1.29 is 9.59 Å². The van der Waals surface area contributed by atoms with Gasteiger partial charge in [0.05, 0.1) is 0 Å². The molecule has 0 N–H and O–H groups in total. The lowest BCUT2D eigenvalue weighted by atomic mass is 9.94. The fraction of sp³-hybridized carbons (Fsp3) is 0.333. The minimum atomic E-state index is -1.85. The highest BCUT2D eigenvalue weighted by Gasteiger charge is 2.59. The number of rotatable bonds is 0. The summed E-state index contributed by atoms with van der Waals surface area (Å²) in [7, 11) is 0. The smallest absolute Gasteiger partial charge is 0.237 e. The molecule has 0 aliphatic heterocycles. The van der Waals surface area contributed by atoms with Gasteiger partial charge in [-0.15, -0.1) is 11.6 Å². The van der Waals surface area contributed by atoms with Gasteiger partial charge in [-0.3, -0.25) is 9.59 Å². The van der Waals surface area contributed by atoms with Gasteiger partial charge < -0.3 is 0 Å². The zero-order valence-electron chi connectivity index (χ0n) is 9.34. The van der Waals surface area contributed by atoms with Crippen LogP contribution in [0.3, 0.4) is 0 Å². The fourth-order valence-electron chi connectivity index (χ4n) is 1.29. The second kappa shape index (κ2) is 5.38. The van der Waals surface area contributed by atoms with Crippen molar-refractivity contribution in [1.82, 2.24) is 0 Å². The monoisotopic (exact) mass is 292 g/mol. The summed E-state index contributed by atoms with van der Waals surface area (Å²) in [6.07, 6.45) is 0. The Hall–Kier alpha value is -0.570. The molecule has 0 saturated heterocycles. The van der Waals surface area contributed by atoms with Crippen LogP contribution in [0.2, 0.25) is 0 Å². The number of Topliss-reactive ketones (excluding diaryl/α,β-unsaturated/α-hetero) is 2. The first kappa shape index (κ1) is 14.5. The zero-order chi connectivity index (χ0) is 13.2. The molecule has 2 rings (SSSR count). The van der Waals surface area contributed by atoms with E-state index in [2.05, 4.69) is 38.1 Å². The van der Waals surface area contributed by atoms with Crippen LogP contribution in [-0.4, -0.2) is 21.3 Å². The molecule has 1 saturated carbocycles. The molecule has 1 aromatic rings. The molecule has 0 unspecified atom stereocenters. The van der Waals surface area contributed by atoms with E-state index in [9.17, 15) is 9.59 Å². The van der Waals surface area contributed by atoms with Crippen molar-refractivity contribution in [2.45, 2.75) is 23.6 Å². The summed E-state index contributed by atoms with van der Waals surface area (Å²) < 4.78 is -1.85. The summed E-state index contributed by atoms with van der Waals surface area (Å²) in [5.41, 5.74) is 2.68. The number of aryl methyl sites for hydroxylation is 2. The zero-order valence-corrected chi connectivity index (χ0v) is 11.6. The van der Waals surface area contributed by atoms with Gasteiger partial charge in [0, 0.05) is 0 Å². The van der Waals surface area contributed by atoms with E-state index < -0.39 is 21.3 Å². The molecule has 17 heavy (non-hydrogen) atoms. The van der Waals surface area contributed by atoms with Gasteiger partial charge in [-0.2, -0.15) is 0 Å². The minimum Gasteiger partial charge on any atom is -0.294 e.